The number of carbonyl (C=O) groups is 3. The van der Waals surface area contributed by atoms with Crippen LogP contribution in [0.15, 0.2) is 23.8 Å². The molecule has 4 rings (SSSR count). The molecule has 3 N–H and O–H groups in total. The molecule has 0 amide bonds. The van der Waals surface area contributed by atoms with Crippen LogP contribution < -0.4 is 0 Å². The van der Waals surface area contributed by atoms with Gasteiger partial charge >= 0.3 is 5.97 Å². The average molecular weight is 453 g/mol. The Balaban J connectivity index is 1.76. The van der Waals surface area contributed by atoms with Crippen molar-refractivity contribution in [3.63, 3.8) is 0 Å². The predicted molar refractivity (Wildman–Crippen MR) is 111 cm³/mol. The van der Waals surface area contributed by atoms with Crippen molar-refractivity contribution in [2.24, 2.45) is 22.7 Å². The van der Waals surface area contributed by atoms with E-state index in [2.05, 4.69) is 0 Å². The molecule has 0 aromatic carbocycles. The van der Waals surface area contributed by atoms with Crippen LogP contribution in [0.4, 0.5) is 0 Å². The summed E-state index contributed by atoms with van der Waals surface area (Å²) in [7, 11) is 0. The van der Waals surface area contributed by atoms with Crippen LogP contribution in [0.2, 0.25) is 0 Å². The lowest BCUT2D eigenvalue weighted by Gasteiger charge is -2.63. The van der Waals surface area contributed by atoms with Crippen molar-refractivity contribution in [2.45, 2.75) is 69.1 Å². The van der Waals surface area contributed by atoms with E-state index in [1.165, 1.54) is 6.08 Å². The topological polar surface area (TPSA) is 121 Å². The minimum atomic E-state index is -2.16. The Bertz CT molecular complexity index is 912. The molecule has 0 aromatic rings. The number of ketones is 2. The number of Topliss-reactive ketones (excluding diaryl/α,β-unsaturated/α-hetero) is 1. The van der Waals surface area contributed by atoms with E-state index in [1.807, 2.05) is 6.92 Å². The predicted octanol–water partition coefficient (Wildman–Crippen LogP) is 1.46. The summed E-state index contributed by atoms with van der Waals surface area (Å²) in [5.74, 6) is -2.21. The lowest BCUT2D eigenvalue weighted by Crippen LogP contribution is -2.69. The molecule has 0 radical (unpaired) electrons. The quantitative estimate of drug-likeness (QED) is 0.437. The monoisotopic (exact) mass is 452 g/mol. The average Bonchev–Trinajstić information content (AvgIpc) is 2.89. The van der Waals surface area contributed by atoms with E-state index >= 15 is 0 Å². The molecule has 7 nitrogen and oxygen atoms in total. The number of ether oxygens (including phenoxy) is 1. The number of alkyl halides is 1. The molecule has 0 aliphatic heterocycles. The van der Waals surface area contributed by atoms with Gasteiger partial charge in [-0.15, -0.1) is 11.6 Å². The minimum Gasteiger partial charge on any atom is -0.458 e. The fourth-order valence-electron chi connectivity index (χ4n) is 7.01. The molecule has 0 spiro atoms. The highest BCUT2D eigenvalue weighted by atomic mass is 35.5. The third kappa shape index (κ3) is 2.73. The Morgan fingerprint density at radius 1 is 1.23 bits per heavy atom. The second-order valence-corrected chi connectivity index (χ2v) is 10.6. The zero-order chi connectivity index (χ0) is 23.0. The van der Waals surface area contributed by atoms with Gasteiger partial charge in [0, 0.05) is 17.8 Å². The van der Waals surface area contributed by atoms with Crippen molar-refractivity contribution in [3.8, 4) is 0 Å². The van der Waals surface area contributed by atoms with Crippen molar-refractivity contribution in [1.82, 2.24) is 0 Å². The van der Waals surface area contributed by atoms with Crippen LogP contribution in [-0.2, 0) is 19.1 Å². The van der Waals surface area contributed by atoms with Gasteiger partial charge in [0.1, 0.15) is 0 Å². The Labute approximate surface area is 186 Å². The van der Waals surface area contributed by atoms with Gasteiger partial charge in [0.05, 0.1) is 17.1 Å². The van der Waals surface area contributed by atoms with E-state index in [4.69, 9.17) is 16.3 Å². The Hall–Kier alpha value is -1.54. The standard InChI is InChI=1S/C23H29ClO7/c1-12(25)31-11-19(29)23(30)17(27)9-16-15-5-4-13-8-14(26)6-7-20(13,2)22(15,24)18(28)10-21(16,23)3/h6-8,15-18,27-28,30H,4-5,9-11H2,1-3H3/t15-,16-,17+,18-,20-,21-,22-,23-/m0/s1. The fourth-order valence-corrected chi connectivity index (χ4v) is 7.53. The van der Waals surface area contributed by atoms with Gasteiger partial charge in [0.2, 0.25) is 5.78 Å². The first-order valence-corrected chi connectivity index (χ1v) is 11.1. The SMILES string of the molecule is CC(=O)OCC(=O)[C@@]1(O)[C@H](O)C[C@H]2[C@@H]3CCC4=CC(=O)C=C[C@]4(C)[C@@]3(Cl)[C@@H](O)C[C@@]21C. The van der Waals surface area contributed by atoms with Crippen molar-refractivity contribution < 1.29 is 34.4 Å². The Morgan fingerprint density at radius 3 is 2.55 bits per heavy atom. The molecule has 0 unspecified atom stereocenters. The number of halogens is 1. The number of carbonyl (C=O) groups excluding carboxylic acids is 3. The number of hydrogen-bond donors (Lipinski definition) is 3. The molecule has 0 saturated heterocycles. The van der Waals surface area contributed by atoms with Crippen LogP contribution in [0.1, 0.15) is 46.5 Å². The highest BCUT2D eigenvalue weighted by molar-refractivity contribution is 6.26. The number of hydrogen-bond acceptors (Lipinski definition) is 7. The highest BCUT2D eigenvalue weighted by Crippen LogP contribution is 2.70. The smallest absolute Gasteiger partial charge is 0.303 e. The van der Waals surface area contributed by atoms with E-state index in [0.29, 0.717) is 12.8 Å². The van der Waals surface area contributed by atoms with Gasteiger partial charge in [-0.3, -0.25) is 14.4 Å². The molecule has 0 bridgehead atoms. The normalized spacial score (nSPS) is 48.4. The van der Waals surface area contributed by atoms with Crippen molar-refractivity contribution >= 4 is 29.1 Å². The number of rotatable bonds is 3. The molecule has 8 atom stereocenters. The van der Waals surface area contributed by atoms with E-state index in [0.717, 1.165) is 12.5 Å². The first-order valence-electron chi connectivity index (χ1n) is 10.7. The minimum absolute atomic E-state index is 0.0122. The van der Waals surface area contributed by atoms with Crippen LogP contribution in [0.25, 0.3) is 0 Å². The lowest BCUT2D eigenvalue weighted by molar-refractivity contribution is -0.188. The molecule has 3 saturated carbocycles. The molecular formula is C23H29ClO7. The lowest BCUT2D eigenvalue weighted by atomic mass is 9.45. The van der Waals surface area contributed by atoms with Crippen molar-refractivity contribution in [2.75, 3.05) is 6.61 Å². The summed E-state index contributed by atoms with van der Waals surface area (Å²) in [6, 6.07) is 0. The van der Waals surface area contributed by atoms with E-state index in [9.17, 15) is 29.7 Å². The fraction of sp³-hybridized carbons (Fsp3) is 0.696. The maximum Gasteiger partial charge on any atom is 0.303 e. The van der Waals surface area contributed by atoms with Gasteiger partial charge in [-0.05, 0) is 49.7 Å². The summed E-state index contributed by atoms with van der Waals surface area (Å²) >= 11 is 7.27. The maximum atomic E-state index is 13.0. The van der Waals surface area contributed by atoms with Crippen LogP contribution in [0.5, 0.6) is 0 Å². The van der Waals surface area contributed by atoms with Gasteiger partial charge in [-0.2, -0.15) is 0 Å². The summed E-state index contributed by atoms with van der Waals surface area (Å²) < 4.78 is 4.81. The molecular weight excluding hydrogens is 424 g/mol. The number of aliphatic hydroxyl groups is 3. The zero-order valence-corrected chi connectivity index (χ0v) is 18.7. The number of aliphatic hydroxyl groups excluding tert-OH is 2. The molecule has 0 heterocycles. The highest BCUT2D eigenvalue weighted by Gasteiger charge is 2.75. The molecule has 8 heteroatoms. The summed E-state index contributed by atoms with van der Waals surface area (Å²) in [6.45, 7) is 4.13. The first kappa shape index (κ1) is 22.6. The summed E-state index contributed by atoms with van der Waals surface area (Å²) in [5, 5.41) is 33.8. The third-order valence-electron chi connectivity index (χ3n) is 8.69. The second kappa shape index (κ2) is 6.98. The van der Waals surface area contributed by atoms with E-state index in [1.54, 1.807) is 19.1 Å². The van der Waals surface area contributed by atoms with Gasteiger partial charge in [0.15, 0.2) is 18.0 Å². The number of fused-ring (bicyclic) bond motifs is 5. The molecule has 0 aromatic heterocycles. The third-order valence-corrected chi connectivity index (χ3v) is 9.62. The van der Waals surface area contributed by atoms with Gasteiger partial charge in [-0.25, -0.2) is 0 Å². The molecule has 170 valence electrons. The summed E-state index contributed by atoms with van der Waals surface area (Å²) in [5.41, 5.74) is -3.22. The maximum absolute atomic E-state index is 13.0. The molecule has 4 aliphatic rings. The van der Waals surface area contributed by atoms with Crippen LogP contribution in [-0.4, -0.2) is 62.1 Å². The Morgan fingerprint density at radius 2 is 1.90 bits per heavy atom. The van der Waals surface area contributed by atoms with Gasteiger partial charge in [0.25, 0.3) is 0 Å². The molecule has 31 heavy (non-hydrogen) atoms. The summed E-state index contributed by atoms with van der Waals surface area (Å²) in [6.07, 6.45) is 3.63. The first-order chi connectivity index (χ1) is 14.3. The second-order valence-electron chi connectivity index (χ2n) is 9.99. The van der Waals surface area contributed by atoms with Crippen molar-refractivity contribution in [3.05, 3.63) is 23.8 Å². The van der Waals surface area contributed by atoms with Gasteiger partial charge < -0.3 is 20.1 Å². The summed E-state index contributed by atoms with van der Waals surface area (Å²) in [4.78, 5) is 34.9. The van der Waals surface area contributed by atoms with E-state index in [-0.39, 0.29) is 30.5 Å². The van der Waals surface area contributed by atoms with Crippen molar-refractivity contribution in [1.29, 1.82) is 0 Å². The van der Waals surface area contributed by atoms with Crippen LogP contribution in [0.3, 0.4) is 0 Å². The number of allylic oxidation sites excluding steroid dienone is 4. The van der Waals surface area contributed by atoms with Gasteiger partial charge in [-0.1, -0.05) is 25.5 Å². The number of esters is 1. The molecule has 4 aliphatic carbocycles. The Kier molecular flexibility index (Phi) is 5.10. The van der Waals surface area contributed by atoms with Crippen LogP contribution in [0, 0.1) is 22.7 Å². The largest absolute Gasteiger partial charge is 0.458 e. The van der Waals surface area contributed by atoms with E-state index < -0.39 is 51.9 Å². The zero-order valence-electron chi connectivity index (χ0n) is 17.9. The van der Waals surface area contributed by atoms with Crippen LogP contribution >= 0.6 is 11.6 Å². The molecule has 3 fully saturated rings.